The Bertz CT molecular complexity index is 171. The van der Waals surface area contributed by atoms with Crippen LogP contribution in [-0.2, 0) is 0 Å². The molecule has 1 N–H and O–H groups in total. The average molecular weight is 183 g/mol. The number of nitrogens with zero attached hydrogens (tertiary/aromatic N) is 1. The van der Waals surface area contributed by atoms with Gasteiger partial charge >= 0.3 is 0 Å². The predicted molar refractivity (Wildman–Crippen MR) is 53.6 cm³/mol. The Balaban J connectivity index is 1.82. The van der Waals surface area contributed by atoms with Crippen molar-refractivity contribution < 1.29 is 5.11 Å². The fourth-order valence-corrected chi connectivity index (χ4v) is 2.79. The van der Waals surface area contributed by atoms with E-state index in [1.54, 1.807) is 0 Å². The van der Waals surface area contributed by atoms with Crippen molar-refractivity contribution in [2.75, 3.05) is 13.1 Å². The van der Waals surface area contributed by atoms with Crippen LogP contribution in [0.1, 0.15) is 39.0 Å². The summed E-state index contributed by atoms with van der Waals surface area (Å²) < 4.78 is 0. The number of aliphatic hydroxyl groups is 1. The molecular weight excluding hydrogens is 162 g/mol. The number of hydrogen-bond donors (Lipinski definition) is 1. The minimum absolute atomic E-state index is 0.00863. The SMILES string of the molecule is CCC1CCN(C2CCC(O)C2)C1. The average Bonchev–Trinajstić information content (AvgIpc) is 2.71. The lowest BCUT2D eigenvalue weighted by molar-refractivity contribution is 0.161. The summed E-state index contributed by atoms with van der Waals surface area (Å²) in [4.78, 5) is 2.60. The highest BCUT2D eigenvalue weighted by molar-refractivity contribution is 4.86. The molecule has 1 aliphatic heterocycles. The van der Waals surface area contributed by atoms with Crippen LogP contribution >= 0.6 is 0 Å². The Kier molecular flexibility index (Phi) is 2.89. The molecule has 2 nitrogen and oxygen atoms in total. The minimum atomic E-state index is -0.00863. The van der Waals surface area contributed by atoms with Gasteiger partial charge in [0.15, 0.2) is 0 Å². The molecule has 3 unspecified atom stereocenters. The first-order chi connectivity index (χ1) is 6.29. The van der Waals surface area contributed by atoms with Crippen molar-refractivity contribution in [2.45, 2.75) is 51.2 Å². The molecule has 0 aromatic rings. The summed E-state index contributed by atoms with van der Waals surface area (Å²) in [5.41, 5.74) is 0. The normalized spacial score (nSPS) is 41.5. The molecule has 1 heterocycles. The Labute approximate surface area is 80.9 Å². The number of rotatable bonds is 2. The standard InChI is InChI=1S/C11H21NO/c1-2-9-5-6-12(8-9)10-3-4-11(13)7-10/h9-11,13H,2-8H2,1H3. The van der Waals surface area contributed by atoms with Crippen molar-refractivity contribution in [3.05, 3.63) is 0 Å². The van der Waals surface area contributed by atoms with Crippen LogP contribution in [0.2, 0.25) is 0 Å². The van der Waals surface area contributed by atoms with Crippen LogP contribution in [0.15, 0.2) is 0 Å². The minimum Gasteiger partial charge on any atom is -0.393 e. The summed E-state index contributed by atoms with van der Waals surface area (Å²) in [6.45, 7) is 4.85. The first-order valence-electron chi connectivity index (χ1n) is 5.71. The molecule has 76 valence electrons. The summed E-state index contributed by atoms with van der Waals surface area (Å²) in [6.07, 6.45) is 5.96. The highest BCUT2D eigenvalue weighted by Gasteiger charge is 2.32. The summed E-state index contributed by atoms with van der Waals surface area (Å²) >= 11 is 0. The molecule has 0 aromatic heterocycles. The fourth-order valence-electron chi connectivity index (χ4n) is 2.79. The van der Waals surface area contributed by atoms with E-state index in [-0.39, 0.29) is 6.10 Å². The third-order valence-corrected chi connectivity index (χ3v) is 3.79. The van der Waals surface area contributed by atoms with Crippen LogP contribution in [0.5, 0.6) is 0 Å². The van der Waals surface area contributed by atoms with E-state index in [4.69, 9.17) is 0 Å². The van der Waals surface area contributed by atoms with Gasteiger partial charge in [-0.05, 0) is 38.1 Å². The molecule has 3 atom stereocenters. The number of likely N-dealkylation sites (tertiary alicyclic amines) is 1. The van der Waals surface area contributed by atoms with Crippen LogP contribution in [-0.4, -0.2) is 35.2 Å². The zero-order valence-electron chi connectivity index (χ0n) is 8.58. The molecule has 2 heteroatoms. The number of hydrogen-bond acceptors (Lipinski definition) is 2. The maximum atomic E-state index is 9.46. The van der Waals surface area contributed by atoms with E-state index >= 15 is 0 Å². The molecule has 1 saturated heterocycles. The van der Waals surface area contributed by atoms with Gasteiger partial charge in [-0.1, -0.05) is 13.3 Å². The van der Waals surface area contributed by atoms with Crippen molar-refractivity contribution in [2.24, 2.45) is 5.92 Å². The lowest BCUT2D eigenvalue weighted by Gasteiger charge is -2.23. The van der Waals surface area contributed by atoms with Crippen LogP contribution in [0.4, 0.5) is 0 Å². The topological polar surface area (TPSA) is 23.5 Å². The third-order valence-electron chi connectivity index (χ3n) is 3.79. The van der Waals surface area contributed by atoms with E-state index in [1.807, 2.05) is 0 Å². The summed E-state index contributed by atoms with van der Waals surface area (Å²) in [5, 5.41) is 9.46. The summed E-state index contributed by atoms with van der Waals surface area (Å²) in [7, 11) is 0. The predicted octanol–water partition coefficient (Wildman–Crippen LogP) is 1.63. The third kappa shape index (κ3) is 2.05. The molecule has 2 fully saturated rings. The maximum absolute atomic E-state index is 9.46. The van der Waals surface area contributed by atoms with Gasteiger partial charge in [-0.2, -0.15) is 0 Å². The lowest BCUT2D eigenvalue weighted by Crippen LogP contribution is -2.31. The van der Waals surface area contributed by atoms with E-state index < -0.39 is 0 Å². The largest absolute Gasteiger partial charge is 0.393 e. The van der Waals surface area contributed by atoms with Crippen LogP contribution in [0.25, 0.3) is 0 Å². The molecule has 0 bridgehead atoms. The van der Waals surface area contributed by atoms with Gasteiger partial charge in [0.25, 0.3) is 0 Å². The van der Waals surface area contributed by atoms with Gasteiger partial charge in [0, 0.05) is 12.6 Å². The van der Waals surface area contributed by atoms with Gasteiger partial charge in [-0.3, -0.25) is 0 Å². The van der Waals surface area contributed by atoms with E-state index in [1.165, 1.54) is 32.4 Å². The quantitative estimate of drug-likeness (QED) is 0.703. The van der Waals surface area contributed by atoms with E-state index in [2.05, 4.69) is 11.8 Å². The first-order valence-corrected chi connectivity index (χ1v) is 5.71. The van der Waals surface area contributed by atoms with Gasteiger partial charge in [0.05, 0.1) is 6.10 Å². The Morgan fingerprint density at radius 3 is 2.69 bits per heavy atom. The van der Waals surface area contributed by atoms with E-state index in [0.717, 1.165) is 18.8 Å². The van der Waals surface area contributed by atoms with Crippen molar-refractivity contribution in [3.8, 4) is 0 Å². The molecule has 2 rings (SSSR count). The van der Waals surface area contributed by atoms with Crippen molar-refractivity contribution in [1.82, 2.24) is 4.90 Å². The second-order valence-corrected chi connectivity index (χ2v) is 4.68. The van der Waals surface area contributed by atoms with E-state index in [9.17, 15) is 5.11 Å². The van der Waals surface area contributed by atoms with Gasteiger partial charge in [-0.15, -0.1) is 0 Å². The Hall–Kier alpha value is -0.0800. The molecule has 13 heavy (non-hydrogen) atoms. The van der Waals surface area contributed by atoms with Crippen molar-refractivity contribution >= 4 is 0 Å². The van der Waals surface area contributed by atoms with Gasteiger partial charge in [-0.25, -0.2) is 0 Å². The maximum Gasteiger partial charge on any atom is 0.0555 e. The highest BCUT2D eigenvalue weighted by Crippen LogP contribution is 2.29. The van der Waals surface area contributed by atoms with E-state index in [0.29, 0.717) is 6.04 Å². The van der Waals surface area contributed by atoms with Crippen LogP contribution in [0.3, 0.4) is 0 Å². The van der Waals surface area contributed by atoms with Crippen molar-refractivity contribution in [1.29, 1.82) is 0 Å². The molecule has 1 aliphatic carbocycles. The smallest absolute Gasteiger partial charge is 0.0555 e. The lowest BCUT2D eigenvalue weighted by atomic mass is 10.1. The summed E-state index contributed by atoms with van der Waals surface area (Å²) in [5.74, 6) is 0.928. The zero-order valence-corrected chi connectivity index (χ0v) is 8.58. The van der Waals surface area contributed by atoms with Crippen LogP contribution in [0, 0.1) is 5.92 Å². The van der Waals surface area contributed by atoms with Crippen molar-refractivity contribution in [3.63, 3.8) is 0 Å². The van der Waals surface area contributed by atoms with Gasteiger partial charge in [0.2, 0.25) is 0 Å². The van der Waals surface area contributed by atoms with Gasteiger partial charge < -0.3 is 10.0 Å². The molecule has 0 amide bonds. The number of aliphatic hydroxyl groups excluding tert-OH is 1. The molecular formula is C11H21NO. The summed E-state index contributed by atoms with van der Waals surface area (Å²) in [6, 6.07) is 0.701. The Morgan fingerprint density at radius 2 is 2.15 bits per heavy atom. The van der Waals surface area contributed by atoms with Crippen LogP contribution < -0.4 is 0 Å². The van der Waals surface area contributed by atoms with Gasteiger partial charge in [0.1, 0.15) is 0 Å². The second kappa shape index (κ2) is 3.97. The second-order valence-electron chi connectivity index (χ2n) is 4.68. The first kappa shape index (κ1) is 9.47. The highest BCUT2D eigenvalue weighted by atomic mass is 16.3. The molecule has 0 aromatic carbocycles. The Morgan fingerprint density at radius 1 is 1.31 bits per heavy atom. The zero-order chi connectivity index (χ0) is 9.26. The fraction of sp³-hybridized carbons (Fsp3) is 1.00. The molecule has 0 radical (unpaired) electrons. The molecule has 0 spiro atoms. The molecule has 1 saturated carbocycles. The monoisotopic (exact) mass is 183 g/mol. The molecule has 2 aliphatic rings.